The molecule has 1 unspecified atom stereocenters. The SMILES string of the molecule is CCC(CC)C1CCN(c2cc3nc[nH]c(=O)c3cc2[N+](=O)[O-])C1. The highest BCUT2D eigenvalue weighted by molar-refractivity contribution is 5.87. The van der Waals surface area contributed by atoms with Gasteiger partial charge in [0.1, 0.15) is 5.69 Å². The van der Waals surface area contributed by atoms with E-state index in [9.17, 15) is 14.9 Å². The largest absolute Gasteiger partial charge is 0.366 e. The van der Waals surface area contributed by atoms with Crippen molar-refractivity contribution in [2.45, 2.75) is 33.1 Å². The first kappa shape index (κ1) is 16.4. The standard InChI is InChI=1S/C17H22N4O3/c1-3-11(4-2)12-5-6-20(9-12)15-8-14-13(7-16(15)21(23)24)17(22)19-10-18-14/h7-8,10-12H,3-6,9H2,1-2H3,(H,18,19,22). The van der Waals surface area contributed by atoms with Gasteiger partial charge in [0.2, 0.25) is 0 Å². The molecule has 2 aromatic rings. The summed E-state index contributed by atoms with van der Waals surface area (Å²) in [5.41, 5.74) is 0.682. The van der Waals surface area contributed by atoms with Gasteiger partial charge in [-0.05, 0) is 24.3 Å². The van der Waals surface area contributed by atoms with Crippen molar-refractivity contribution in [3.8, 4) is 0 Å². The van der Waals surface area contributed by atoms with Crippen LogP contribution in [0.25, 0.3) is 10.9 Å². The zero-order valence-electron chi connectivity index (χ0n) is 14.0. The number of aromatic nitrogens is 2. The summed E-state index contributed by atoms with van der Waals surface area (Å²) in [4.78, 5) is 31.7. The minimum absolute atomic E-state index is 0.0220. The van der Waals surface area contributed by atoms with E-state index in [1.54, 1.807) is 6.07 Å². The van der Waals surface area contributed by atoms with Crippen LogP contribution in [0, 0.1) is 22.0 Å². The van der Waals surface area contributed by atoms with Crippen molar-refractivity contribution in [1.29, 1.82) is 0 Å². The maximum Gasteiger partial charge on any atom is 0.293 e. The number of hydrogen-bond donors (Lipinski definition) is 1. The van der Waals surface area contributed by atoms with E-state index in [4.69, 9.17) is 0 Å². The number of nitro groups is 1. The van der Waals surface area contributed by atoms with Gasteiger partial charge in [-0.3, -0.25) is 14.9 Å². The molecule has 1 aliphatic heterocycles. The third-order valence-corrected chi connectivity index (χ3v) is 5.21. The Kier molecular flexibility index (Phi) is 4.51. The first-order valence-electron chi connectivity index (χ1n) is 8.45. The summed E-state index contributed by atoms with van der Waals surface area (Å²) in [6.07, 6.45) is 4.64. The van der Waals surface area contributed by atoms with Crippen molar-refractivity contribution in [2.75, 3.05) is 18.0 Å². The van der Waals surface area contributed by atoms with Gasteiger partial charge in [0.25, 0.3) is 11.2 Å². The fraction of sp³-hybridized carbons (Fsp3) is 0.529. The van der Waals surface area contributed by atoms with E-state index in [-0.39, 0.29) is 16.6 Å². The Labute approximate surface area is 139 Å². The molecule has 0 radical (unpaired) electrons. The van der Waals surface area contributed by atoms with Gasteiger partial charge in [-0.1, -0.05) is 26.7 Å². The predicted molar refractivity (Wildman–Crippen MR) is 93.4 cm³/mol. The number of nitrogens with one attached hydrogen (secondary N) is 1. The maximum absolute atomic E-state index is 11.9. The molecule has 0 bridgehead atoms. The van der Waals surface area contributed by atoms with E-state index in [1.807, 2.05) is 0 Å². The molecule has 1 aliphatic rings. The molecule has 7 heteroatoms. The zero-order valence-corrected chi connectivity index (χ0v) is 14.0. The lowest BCUT2D eigenvalue weighted by atomic mass is 9.87. The van der Waals surface area contributed by atoms with Crippen LogP contribution < -0.4 is 10.5 Å². The fourth-order valence-corrected chi connectivity index (χ4v) is 3.84. The smallest absolute Gasteiger partial charge is 0.293 e. The molecule has 2 heterocycles. The number of benzene rings is 1. The lowest BCUT2D eigenvalue weighted by Crippen LogP contribution is -2.23. The molecule has 0 spiro atoms. The fourth-order valence-electron chi connectivity index (χ4n) is 3.84. The summed E-state index contributed by atoms with van der Waals surface area (Å²) in [6.45, 7) is 6.02. The molecule has 1 aromatic heterocycles. The number of aromatic amines is 1. The average Bonchev–Trinajstić information content (AvgIpc) is 3.05. The number of H-pyrrole nitrogens is 1. The van der Waals surface area contributed by atoms with Crippen LogP contribution >= 0.6 is 0 Å². The van der Waals surface area contributed by atoms with Gasteiger partial charge in [0, 0.05) is 19.2 Å². The van der Waals surface area contributed by atoms with Crippen molar-refractivity contribution < 1.29 is 4.92 Å². The van der Waals surface area contributed by atoms with Crippen LogP contribution in [0.2, 0.25) is 0 Å². The maximum atomic E-state index is 11.9. The summed E-state index contributed by atoms with van der Waals surface area (Å²) in [5, 5.41) is 11.8. The number of hydrogen-bond acceptors (Lipinski definition) is 5. The Hall–Kier alpha value is -2.44. The Balaban J connectivity index is 2.01. The molecule has 0 saturated carbocycles. The van der Waals surface area contributed by atoms with Gasteiger partial charge in [-0.25, -0.2) is 4.98 Å². The molecule has 0 amide bonds. The molecule has 1 aromatic carbocycles. The van der Waals surface area contributed by atoms with E-state index in [0.717, 1.165) is 32.4 Å². The minimum Gasteiger partial charge on any atom is -0.366 e. The van der Waals surface area contributed by atoms with Gasteiger partial charge in [-0.15, -0.1) is 0 Å². The highest BCUT2D eigenvalue weighted by Crippen LogP contribution is 2.37. The molecular formula is C17H22N4O3. The molecule has 7 nitrogen and oxygen atoms in total. The van der Waals surface area contributed by atoms with Crippen LogP contribution in [-0.4, -0.2) is 28.0 Å². The van der Waals surface area contributed by atoms with Crippen LogP contribution in [0.5, 0.6) is 0 Å². The minimum atomic E-state index is -0.411. The van der Waals surface area contributed by atoms with Crippen molar-refractivity contribution in [1.82, 2.24) is 9.97 Å². The van der Waals surface area contributed by atoms with Gasteiger partial charge in [0.15, 0.2) is 0 Å². The Morgan fingerprint density at radius 3 is 2.83 bits per heavy atom. The van der Waals surface area contributed by atoms with E-state index in [1.165, 1.54) is 12.4 Å². The van der Waals surface area contributed by atoms with Crippen LogP contribution in [0.1, 0.15) is 33.1 Å². The third-order valence-electron chi connectivity index (χ3n) is 5.21. The van der Waals surface area contributed by atoms with Gasteiger partial charge >= 0.3 is 0 Å². The second kappa shape index (κ2) is 6.59. The lowest BCUT2D eigenvalue weighted by Gasteiger charge is -2.22. The lowest BCUT2D eigenvalue weighted by molar-refractivity contribution is -0.384. The van der Waals surface area contributed by atoms with Gasteiger partial charge in [-0.2, -0.15) is 0 Å². The molecule has 1 N–H and O–H groups in total. The molecule has 24 heavy (non-hydrogen) atoms. The quantitative estimate of drug-likeness (QED) is 0.672. The molecule has 1 fully saturated rings. The van der Waals surface area contributed by atoms with Crippen molar-refractivity contribution >= 4 is 22.3 Å². The molecule has 1 saturated heterocycles. The second-order valence-electron chi connectivity index (χ2n) is 6.42. The van der Waals surface area contributed by atoms with Crippen molar-refractivity contribution in [2.24, 2.45) is 11.8 Å². The van der Waals surface area contributed by atoms with Crippen LogP contribution in [0.4, 0.5) is 11.4 Å². The summed E-state index contributed by atoms with van der Waals surface area (Å²) in [5.74, 6) is 1.21. The number of anilines is 1. The van der Waals surface area contributed by atoms with Gasteiger partial charge in [0.05, 0.1) is 22.2 Å². The van der Waals surface area contributed by atoms with Crippen LogP contribution in [0.15, 0.2) is 23.3 Å². The number of fused-ring (bicyclic) bond motifs is 1. The summed E-state index contributed by atoms with van der Waals surface area (Å²) in [6, 6.07) is 3.03. The molecular weight excluding hydrogens is 308 g/mol. The normalized spacial score (nSPS) is 17.8. The summed E-state index contributed by atoms with van der Waals surface area (Å²) < 4.78 is 0. The molecule has 0 aliphatic carbocycles. The van der Waals surface area contributed by atoms with E-state index in [2.05, 4.69) is 28.7 Å². The first-order chi connectivity index (χ1) is 11.5. The highest BCUT2D eigenvalue weighted by atomic mass is 16.6. The third kappa shape index (κ3) is 2.86. The van der Waals surface area contributed by atoms with E-state index < -0.39 is 4.92 Å². The van der Waals surface area contributed by atoms with Crippen molar-refractivity contribution in [3.63, 3.8) is 0 Å². The molecule has 1 atom stereocenters. The Bertz CT molecular complexity index is 813. The monoisotopic (exact) mass is 330 g/mol. The highest BCUT2D eigenvalue weighted by Gasteiger charge is 2.31. The zero-order chi connectivity index (χ0) is 17.3. The molecule has 128 valence electrons. The van der Waals surface area contributed by atoms with Crippen molar-refractivity contribution in [3.05, 3.63) is 38.9 Å². The summed E-state index contributed by atoms with van der Waals surface area (Å²) >= 11 is 0. The van der Waals surface area contributed by atoms with Gasteiger partial charge < -0.3 is 9.88 Å². The average molecular weight is 330 g/mol. The summed E-state index contributed by atoms with van der Waals surface area (Å²) in [7, 11) is 0. The first-order valence-corrected chi connectivity index (χ1v) is 8.45. The Morgan fingerprint density at radius 1 is 1.42 bits per heavy atom. The predicted octanol–water partition coefficient (Wildman–Crippen LogP) is 3.09. The topological polar surface area (TPSA) is 92.1 Å². The molecule has 3 rings (SSSR count). The number of rotatable bonds is 5. The van der Waals surface area contributed by atoms with Crippen LogP contribution in [-0.2, 0) is 0 Å². The van der Waals surface area contributed by atoms with E-state index in [0.29, 0.717) is 23.0 Å². The van der Waals surface area contributed by atoms with E-state index >= 15 is 0 Å². The Morgan fingerprint density at radius 2 is 2.17 bits per heavy atom. The number of nitrogens with zero attached hydrogens (tertiary/aromatic N) is 3. The number of nitro benzene ring substituents is 1. The van der Waals surface area contributed by atoms with Crippen LogP contribution in [0.3, 0.4) is 0 Å². The second-order valence-corrected chi connectivity index (χ2v) is 6.42.